The van der Waals surface area contributed by atoms with E-state index in [1.807, 2.05) is 18.2 Å². The third kappa shape index (κ3) is 4.07. The van der Waals surface area contributed by atoms with Crippen LogP contribution in [0.1, 0.15) is 39.2 Å². The lowest BCUT2D eigenvalue weighted by molar-refractivity contribution is -0.110. The van der Waals surface area contributed by atoms with Crippen molar-refractivity contribution in [1.82, 2.24) is 0 Å². The lowest BCUT2D eigenvalue weighted by atomic mass is 10.0. The normalized spacial score (nSPS) is 15.1. The van der Waals surface area contributed by atoms with Gasteiger partial charge in [0.2, 0.25) is 0 Å². The molecule has 0 fully saturated rings. The van der Waals surface area contributed by atoms with Gasteiger partial charge >= 0.3 is 0 Å². The maximum atomic E-state index is 12.2. The number of hydrogen-bond donors (Lipinski definition) is 1. The molecule has 2 rings (SSSR count). The van der Waals surface area contributed by atoms with E-state index in [-0.39, 0.29) is 5.91 Å². The zero-order valence-electron chi connectivity index (χ0n) is 15.0. The Bertz CT molecular complexity index is 723. The minimum Gasteiger partial charge on any atom is -0.493 e. The molecule has 0 aliphatic carbocycles. The largest absolute Gasteiger partial charge is 0.493 e. The molecule has 24 heavy (non-hydrogen) atoms. The topological polar surface area (TPSA) is 47.6 Å². The molecule has 1 aromatic carbocycles. The van der Waals surface area contributed by atoms with Gasteiger partial charge in [0.15, 0.2) is 11.5 Å². The molecule has 1 aliphatic rings. The number of allylic oxidation sites excluding steroid dienone is 5. The van der Waals surface area contributed by atoms with E-state index >= 15 is 0 Å². The predicted octanol–water partition coefficient (Wildman–Crippen LogP) is 4.73. The Morgan fingerprint density at radius 3 is 2.42 bits per heavy atom. The fourth-order valence-corrected chi connectivity index (χ4v) is 2.58. The van der Waals surface area contributed by atoms with Gasteiger partial charge in [-0.3, -0.25) is 4.79 Å². The van der Waals surface area contributed by atoms with Crippen LogP contribution in [0.5, 0.6) is 11.5 Å². The monoisotopic (exact) mass is 327 g/mol. The summed E-state index contributed by atoms with van der Waals surface area (Å²) in [4.78, 5) is 12.2. The molecule has 4 heteroatoms. The van der Waals surface area contributed by atoms with Gasteiger partial charge in [-0.25, -0.2) is 0 Å². The molecular weight excluding hydrogens is 302 g/mol. The Kier molecular flexibility index (Phi) is 5.85. The molecule has 0 unspecified atom stereocenters. The molecule has 0 atom stereocenters. The van der Waals surface area contributed by atoms with Gasteiger partial charge in [0.1, 0.15) is 0 Å². The van der Waals surface area contributed by atoms with Crippen molar-refractivity contribution in [3.8, 4) is 11.5 Å². The average molecular weight is 327 g/mol. The number of anilines is 1. The number of carbonyl (C=O) groups excluding carboxylic acids is 1. The second-order valence-corrected chi connectivity index (χ2v) is 6.12. The average Bonchev–Trinajstić information content (AvgIpc) is 2.85. The molecule has 128 valence electrons. The fraction of sp³-hybridized carbons (Fsp3) is 0.350. The van der Waals surface area contributed by atoms with Crippen LogP contribution in [0.3, 0.4) is 0 Å². The summed E-state index contributed by atoms with van der Waals surface area (Å²) in [5.74, 6) is 1.11. The Morgan fingerprint density at radius 1 is 1.12 bits per heavy atom. The second-order valence-electron chi connectivity index (χ2n) is 6.12. The maximum Gasteiger partial charge on any atom is 0.256 e. The highest BCUT2D eigenvalue weighted by Gasteiger charge is 2.26. The molecule has 1 N–H and O–H groups in total. The quantitative estimate of drug-likeness (QED) is 0.607. The summed E-state index contributed by atoms with van der Waals surface area (Å²) in [5, 5.41) is 2.87. The van der Waals surface area contributed by atoms with E-state index in [4.69, 9.17) is 9.47 Å². The van der Waals surface area contributed by atoms with Crippen molar-refractivity contribution in [1.29, 1.82) is 0 Å². The highest BCUT2D eigenvalue weighted by atomic mass is 16.5. The molecule has 0 spiro atoms. The third-order valence-corrected chi connectivity index (χ3v) is 3.93. The minimum absolute atomic E-state index is 0.103. The first-order chi connectivity index (χ1) is 11.5. The molecule has 1 heterocycles. The van der Waals surface area contributed by atoms with Gasteiger partial charge in [0.05, 0.1) is 19.9 Å². The summed E-state index contributed by atoms with van der Waals surface area (Å²) in [7, 11) is 3.17. The first-order valence-corrected chi connectivity index (χ1v) is 8.04. The predicted molar refractivity (Wildman–Crippen MR) is 98.6 cm³/mol. The van der Waals surface area contributed by atoms with Crippen LogP contribution < -0.4 is 14.8 Å². The van der Waals surface area contributed by atoms with Gasteiger partial charge in [-0.15, -0.1) is 0 Å². The third-order valence-electron chi connectivity index (χ3n) is 3.93. The molecular formula is C20H25NO3. The number of hydrogen-bond acceptors (Lipinski definition) is 3. The van der Waals surface area contributed by atoms with Crippen LogP contribution in [0.15, 0.2) is 41.5 Å². The van der Waals surface area contributed by atoms with E-state index < -0.39 is 0 Å². The fourth-order valence-electron chi connectivity index (χ4n) is 2.58. The summed E-state index contributed by atoms with van der Waals surface area (Å²) in [6.45, 7) is 6.28. The first-order valence-electron chi connectivity index (χ1n) is 8.04. The number of carbonyl (C=O) groups is 1. The Balaban J connectivity index is 2.26. The van der Waals surface area contributed by atoms with E-state index in [0.29, 0.717) is 17.1 Å². The van der Waals surface area contributed by atoms with Crippen molar-refractivity contribution < 1.29 is 14.3 Å². The van der Waals surface area contributed by atoms with Crippen LogP contribution in [0.25, 0.3) is 5.57 Å². The standard InChI is InChI=1S/C20H25NO3/c1-13(2)7-6-8-14(3)9-10-15-16-11-18(23-4)19(24-5)12-17(16)21-20(15)22/h7,9-12H,6,8H2,1-5H3,(H,21,22)/b14-9+,15-10-. The first kappa shape index (κ1) is 17.9. The maximum absolute atomic E-state index is 12.2. The van der Waals surface area contributed by atoms with Crippen molar-refractivity contribution in [3.05, 3.63) is 47.1 Å². The molecule has 0 radical (unpaired) electrons. The molecule has 0 saturated carbocycles. The smallest absolute Gasteiger partial charge is 0.256 e. The van der Waals surface area contributed by atoms with Gasteiger partial charge in [-0.2, -0.15) is 0 Å². The summed E-state index contributed by atoms with van der Waals surface area (Å²) in [5.41, 5.74) is 4.80. The van der Waals surface area contributed by atoms with Crippen molar-refractivity contribution in [2.45, 2.75) is 33.6 Å². The zero-order valence-corrected chi connectivity index (χ0v) is 15.0. The summed E-state index contributed by atoms with van der Waals surface area (Å²) < 4.78 is 10.6. The molecule has 4 nitrogen and oxygen atoms in total. The summed E-state index contributed by atoms with van der Waals surface area (Å²) in [6.07, 6.45) is 8.11. The molecule has 0 bridgehead atoms. The van der Waals surface area contributed by atoms with Crippen molar-refractivity contribution in [2.24, 2.45) is 0 Å². The van der Waals surface area contributed by atoms with Crippen molar-refractivity contribution in [2.75, 3.05) is 19.5 Å². The van der Waals surface area contributed by atoms with E-state index in [1.165, 1.54) is 11.1 Å². The van der Waals surface area contributed by atoms with Gasteiger partial charge in [0.25, 0.3) is 5.91 Å². The minimum atomic E-state index is -0.103. The Morgan fingerprint density at radius 2 is 1.79 bits per heavy atom. The van der Waals surface area contributed by atoms with Crippen LogP contribution in [0, 0.1) is 0 Å². The summed E-state index contributed by atoms with van der Waals surface area (Å²) >= 11 is 0. The lowest BCUT2D eigenvalue weighted by Crippen LogP contribution is -2.03. The number of methoxy groups -OCH3 is 2. The van der Waals surface area contributed by atoms with E-state index in [1.54, 1.807) is 20.3 Å². The van der Waals surface area contributed by atoms with Gasteiger partial charge in [-0.05, 0) is 45.8 Å². The SMILES string of the molecule is COc1cc2c(cc1OC)/C(=C/C=C(\C)CCC=C(C)C)C(=O)N2. The van der Waals surface area contributed by atoms with Crippen LogP contribution in [-0.4, -0.2) is 20.1 Å². The molecule has 0 saturated heterocycles. The van der Waals surface area contributed by atoms with Gasteiger partial charge < -0.3 is 14.8 Å². The van der Waals surface area contributed by atoms with Crippen molar-refractivity contribution >= 4 is 17.2 Å². The number of ether oxygens (including phenoxy) is 2. The van der Waals surface area contributed by atoms with E-state index in [0.717, 1.165) is 24.1 Å². The highest BCUT2D eigenvalue weighted by molar-refractivity contribution is 6.32. The Labute approximate surface area is 143 Å². The number of rotatable bonds is 6. The van der Waals surface area contributed by atoms with Crippen LogP contribution >= 0.6 is 0 Å². The molecule has 0 aromatic heterocycles. The van der Waals surface area contributed by atoms with Crippen LogP contribution in [-0.2, 0) is 4.79 Å². The highest BCUT2D eigenvalue weighted by Crippen LogP contribution is 2.40. The molecule has 1 amide bonds. The zero-order chi connectivity index (χ0) is 17.7. The second kappa shape index (κ2) is 7.86. The number of nitrogens with one attached hydrogen (secondary N) is 1. The Hall–Kier alpha value is -2.49. The molecule has 1 aliphatic heterocycles. The van der Waals surface area contributed by atoms with Gasteiger partial charge in [0, 0.05) is 17.2 Å². The van der Waals surface area contributed by atoms with Gasteiger partial charge in [-0.1, -0.05) is 23.3 Å². The van der Waals surface area contributed by atoms with E-state index in [2.05, 4.69) is 32.2 Å². The number of benzene rings is 1. The van der Waals surface area contributed by atoms with Crippen molar-refractivity contribution in [3.63, 3.8) is 0 Å². The van der Waals surface area contributed by atoms with Crippen LogP contribution in [0.2, 0.25) is 0 Å². The molecule has 1 aromatic rings. The van der Waals surface area contributed by atoms with Crippen LogP contribution in [0.4, 0.5) is 5.69 Å². The summed E-state index contributed by atoms with van der Waals surface area (Å²) in [6, 6.07) is 3.63. The van der Waals surface area contributed by atoms with E-state index in [9.17, 15) is 4.79 Å². The number of fused-ring (bicyclic) bond motifs is 1. The lowest BCUT2D eigenvalue weighted by Gasteiger charge is -2.09. The number of amides is 1.